The van der Waals surface area contributed by atoms with Crippen LogP contribution < -0.4 is 5.32 Å². The largest absolute Gasteiger partial charge is 0.394 e. The fourth-order valence-electron chi connectivity index (χ4n) is 1.17. The summed E-state index contributed by atoms with van der Waals surface area (Å²) in [6.07, 6.45) is 5.67. The van der Waals surface area contributed by atoms with Crippen LogP contribution >= 0.6 is 0 Å². The van der Waals surface area contributed by atoms with E-state index in [2.05, 4.69) is 24.1 Å². The number of pyridine rings is 1. The zero-order valence-electron chi connectivity index (χ0n) is 7.76. The standard InChI is InChI=1S/C10H14N2/c1-8-4-5-12-7-10(8)9(2)6-11-3/h4-7,11H,1-3H3/b9-6+. The number of allylic oxidation sites excluding steroid dienone is 1. The molecule has 12 heavy (non-hydrogen) atoms. The lowest BCUT2D eigenvalue weighted by Gasteiger charge is -2.04. The maximum Gasteiger partial charge on any atom is 0.0346 e. The topological polar surface area (TPSA) is 24.9 Å². The van der Waals surface area contributed by atoms with Gasteiger partial charge in [0, 0.05) is 25.0 Å². The van der Waals surface area contributed by atoms with Gasteiger partial charge in [-0.1, -0.05) is 0 Å². The van der Waals surface area contributed by atoms with Gasteiger partial charge in [-0.3, -0.25) is 4.98 Å². The van der Waals surface area contributed by atoms with Crippen LogP contribution in [0.4, 0.5) is 0 Å². The first-order valence-corrected chi connectivity index (χ1v) is 4.00. The van der Waals surface area contributed by atoms with Crippen molar-refractivity contribution in [2.75, 3.05) is 7.05 Å². The third-order valence-corrected chi connectivity index (χ3v) is 1.82. The van der Waals surface area contributed by atoms with Crippen LogP contribution in [0.1, 0.15) is 18.1 Å². The molecule has 1 rings (SSSR count). The van der Waals surface area contributed by atoms with Crippen LogP contribution in [-0.4, -0.2) is 12.0 Å². The van der Waals surface area contributed by atoms with E-state index >= 15 is 0 Å². The van der Waals surface area contributed by atoms with Gasteiger partial charge in [0.25, 0.3) is 0 Å². The average Bonchev–Trinajstić information content (AvgIpc) is 2.05. The Kier molecular flexibility index (Phi) is 2.86. The zero-order valence-corrected chi connectivity index (χ0v) is 7.76. The highest BCUT2D eigenvalue weighted by Crippen LogP contribution is 2.15. The van der Waals surface area contributed by atoms with Crippen LogP contribution in [0, 0.1) is 6.92 Å². The quantitative estimate of drug-likeness (QED) is 0.719. The monoisotopic (exact) mass is 162 g/mol. The Morgan fingerprint density at radius 2 is 2.33 bits per heavy atom. The molecule has 0 bridgehead atoms. The van der Waals surface area contributed by atoms with Gasteiger partial charge >= 0.3 is 0 Å². The number of aromatic nitrogens is 1. The molecule has 1 heterocycles. The second kappa shape index (κ2) is 3.90. The Bertz CT molecular complexity index is 290. The van der Waals surface area contributed by atoms with Gasteiger partial charge in [0.1, 0.15) is 0 Å². The summed E-state index contributed by atoms with van der Waals surface area (Å²) in [5.41, 5.74) is 3.67. The summed E-state index contributed by atoms with van der Waals surface area (Å²) in [7, 11) is 1.90. The van der Waals surface area contributed by atoms with Gasteiger partial charge in [0.15, 0.2) is 0 Å². The van der Waals surface area contributed by atoms with Crippen molar-refractivity contribution in [2.45, 2.75) is 13.8 Å². The molecule has 1 aromatic rings. The molecule has 0 fully saturated rings. The predicted octanol–water partition coefficient (Wildman–Crippen LogP) is 1.97. The van der Waals surface area contributed by atoms with E-state index in [1.54, 1.807) is 0 Å². The molecule has 0 atom stereocenters. The molecule has 0 aliphatic rings. The van der Waals surface area contributed by atoms with Crippen LogP contribution in [0.3, 0.4) is 0 Å². The Balaban J connectivity index is 3.02. The summed E-state index contributed by atoms with van der Waals surface area (Å²) in [6.45, 7) is 4.16. The van der Waals surface area contributed by atoms with Crippen molar-refractivity contribution in [1.82, 2.24) is 10.3 Å². The van der Waals surface area contributed by atoms with Gasteiger partial charge in [-0.15, -0.1) is 0 Å². The number of aryl methyl sites for hydroxylation is 1. The van der Waals surface area contributed by atoms with E-state index in [4.69, 9.17) is 0 Å². The zero-order chi connectivity index (χ0) is 8.97. The van der Waals surface area contributed by atoms with Crippen LogP contribution in [0.2, 0.25) is 0 Å². The molecular weight excluding hydrogens is 148 g/mol. The molecule has 1 N–H and O–H groups in total. The molecule has 2 heteroatoms. The van der Waals surface area contributed by atoms with Crippen LogP contribution in [0.15, 0.2) is 24.7 Å². The highest BCUT2D eigenvalue weighted by Gasteiger charge is 1.97. The molecule has 0 saturated carbocycles. The molecule has 0 aliphatic heterocycles. The molecular formula is C10H14N2. The highest BCUT2D eigenvalue weighted by atomic mass is 14.8. The van der Waals surface area contributed by atoms with Crippen molar-refractivity contribution in [3.8, 4) is 0 Å². The summed E-state index contributed by atoms with van der Waals surface area (Å²) < 4.78 is 0. The normalized spacial score (nSPS) is 11.4. The molecule has 2 nitrogen and oxygen atoms in total. The second-order valence-electron chi connectivity index (χ2n) is 2.81. The molecule has 0 saturated heterocycles. The molecule has 64 valence electrons. The van der Waals surface area contributed by atoms with Gasteiger partial charge < -0.3 is 5.32 Å². The minimum absolute atomic E-state index is 1.20. The summed E-state index contributed by atoms with van der Waals surface area (Å²) in [6, 6.07) is 2.02. The summed E-state index contributed by atoms with van der Waals surface area (Å²) in [4.78, 5) is 4.08. The van der Waals surface area contributed by atoms with Gasteiger partial charge in [-0.25, -0.2) is 0 Å². The van der Waals surface area contributed by atoms with Crippen LogP contribution in [0.25, 0.3) is 5.57 Å². The average molecular weight is 162 g/mol. The number of rotatable bonds is 2. The third-order valence-electron chi connectivity index (χ3n) is 1.82. The Hall–Kier alpha value is -1.31. The molecule has 0 aliphatic carbocycles. The maximum atomic E-state index is 4.08. The first-order valence-electron chi connectivity index (χ1n) is 4.00. The van der Waals surface area contributed by atoms with Crippen molar-refractivity contribution in [2.24, 2.45) is 0 Å². The molecule has 0 amide bonds. The minimum atomic E-state index is 1.20. The predicted molar refractivity (Wildman–Crippen MR) is 51.7 cm³/mol. The van der Waals surface area contributed by atoms with Gasteiger partial charge in [-0.2, -0.15) is 0 Å². The SMILES string of the molecule is CN/C=C(\C)c1cnccc1C. The van der Waals surface area contributed by atoms with Crippen molar-refractivity contribution < 1.29 is 0 Å². The third kappa shape index (κ3) is 1.84. The first-order chi connectivity index (χ1) is 5.75. The van der Waals surface area contributed by atoms with E-state index in [9.17, 15) is 0 Å². The molecule has 1 aromatic heterocycles. The summed E-state index contributed by atoms with van der Waals surface area (Å²) in [5.74, 6) is 0. The number of hydrogen-bond acceptors (Lipinski definition) is 2. The Labute approximate surface area is 73.3 Å². The van der Waals surface area contributed by atoms with E-state index in [1.165, 1.54) is 16.7 Å². The van der Waals surface area contributed by atoms with E-state index < -0.39 is 0 Å². The lowest BCUT2D eigenvalue weighted by atomic mass is 10.1. The molecule has 0 spiro atoms. The Morgan fingerprint density at radius 1 is 1.58 bits per heavy atom. The summed E-state index contributed by atoms with van der Waals surface area (Å²) in [5, 5.41) is 3.00. The maximum absolute atomic E-state index is 4.08. The van der Waals surface area contributed by atoms with Crippen molar-refractivity contribution >= 4 is 5.57 Å². The number of nitrogens with zero attached hydrogens (tertiary/aromatic N) is 1. The Morgan fingerprint density at radius 3 is 2.92 bits per heavy atom. The minimum Gasteiger partial charge on any atom is -0.394 e. The lowest BCUT2D eigenvalue weighted by Crippen LogP contribution is -1.95. The molecule has 0 aromatic carbocycles. The summed E-state index contributed by atoms with van der Waals surface area (Å²) >= 11 is 0. The van der Waals surface area contributed by atoms with Crippen molar-refractivity contribution in [3.05, 3.63) is 35.8 Å². The lowest BCUT2D eigenvalue weighted by molar-refractivity contribution is 1.10. The highest BCUT2D eigenvalue weighted by molar-refractivity contribution is 5.65. The van der Waals surface area contributed by atoms with E-state index in [0.717, 1.165) is 0 Å². The van der Waals surface area contributed by atoms with Crippen LogP contribution in [0.5, 0.6) is 0 Å². The molecule has 0 unspecified atom stereocenters. The fourth-order valence-corrected chi connectivity index (χ4v) is 1.17. The number of hydrogen-bond donors (Lipinski definition) is 1. The second-order valence-corrected chi connectivity index (χ2v) is 2.81. The van der Waals surface area contributed by atoms with E-state index in [1.807, 2.05) is 31.7 Å². The van der Waals surface area contributed by atoms with Crippen molar-refractivity contribution in [3.63, 3.8) is 0 Å². The fraction of sp³-hybridized carbons (Fsp3) is 0.300. The van der Waals surface area contributed by atoms with Crippen molar-refractivity contribution in [1.29, 1.82) is 0 Å². The van der Waals surface area contributed by atoms with Gasteiger partial charge in [0.05, 0.1) is 0 Å². The van der Waals surface area contributed by atoms with Gasteiger partial charge in [-0.05, 0) is 37.3 Å². The molecule has 0 radical (unpaired) electrons. The first kappa shape index (κ1) is 8.78. The van der Waals surface area contributed by atoms with Gasteiger partial charge in [0.2, 0.25) is 0 Å². The van der Waals surface area contributed by atoms with E-state index in [-0.39, 0.29) is 0 Å². The number of nitrogens with one attached hydrogen (secondary N) is 1. The van der Waals surface area contributed by atoms with Crippen LogP contribution in [-0.2, 0) is 0 Å². The van der Waals surface area contributed by atoms with E-state index in [0.29, 0.717) is 0 Å². The smallest absolute Gasteiger partial charge is 0.0346 e.